The minimum atomic E-state index is -0.435. The monoisotopic (exact) mass is 284 g/mol. The highest BCUT2D eigenvalue weighted by atomic mass is 16.2. The lowest BCUT2D eigenvalue weighted by atomic mass is 9.99. The van der Waals surface area contributed by atoms with E-state index in [9.17, 15) is 9.59 Å². The van der Waals surface area contributed by atoms with Gasteiger partial charge in [0.1, 0.15) is 0 Å². The molecule has 1 heterocycles. The van der Waals surface area contributed by atoms with Crippen molar-refractivity contribution < 1.29 is 9.59 Å². The molecule has 0 spiro atoms. The second-order valence-corrected chi connectivity index (χ2v) is 6.45. The van der Waals surface area contributed by atoms with Crippen molar-refractivity contribution in [3.05, 3.63) is 0 Å². The van der Waals surface area contributed by atoms with Gasteiger partial charge in [0.15, 0.2) is 0 Å². The summed E-state index contributed by atoms with van der Waals surface area (Å²) >= 11 is 0. The average molecular weight is 284 g/mol. The first-order chi connectivity index (χ1) is 9.31. The number of hydrogen-bond donors (Lipinski definition) is 3. The summed E-state index contributed by atoms with van der Waals surface area (Å²) in [5.74, 6) is -0.254. The molecule has 0 aromatic carbocycles. The van der Waals surface area contributed by atoms with E-state index in [0.29, 0.717) is 12.6 Å². The van der Waals surface area contributed by atoms with E-state index in [-0.39, 0.29) is 18.0 Å². The Labute approximate surface area is 121 Å². The Balaban J connectivity index is 2.42. The number of piperidine rings is 1. The van der Waals surface area contributed by atoms with Gasteiger partial charge < -0.3 is 11.1 Å². The summed E-state index contributed by atoms with van der Waals surface area (Å²) in [6, 6.07) is -0.0694. The molecule has 1 rings (SSSR count). The third kappa shape index (κ3) is 6.34. The van der Waals surface area contributed by atoms with Crippen LogP contribution in [-0.2, 0) is 4.79 Å². The van der Waals surface area contributed by atoms with Gasteiger partial charge in [0, 0.05) is 11.6 Å². The van der Waals surface area contributed by atoms with Crippen LogP contribution in [0.3, 0.4) is 0 Å². The Morgan fingerprint density at radius 1 is 1.30 bits per heavy atom. The van der Waals surface area contributed by atoms with Gasteiger partial charge in [-0.25, -0.2) is 4.79 Å². The molecule has 6 heteroatoms. The van der Waals surface area contributed by atoms with Gasteiger partial charge >= 0.3 is 6.03 Å². The van der Waals surface area contributed by atoms with Gasteiger partial charge in [-0.3, -0.25) is 15.0 Å². The smallest absolute Gasteiger partial charge is 0.321 e. The summed E-state index contributed by atoms with van der Waals surface area (Å²) in [6.07, 6.45) is 4.27. The standard InChI is InChI=1S/C14H28N4O2/c1-14(2,3)17-13(20)16-12(19)10-18-9-5-4-6-11(18)7-8-15/h11H,4-10,15H2,1-3H3,(H2,16,17,19,20). The Morgan fingerprint density at radius 2 is 2.00 bits per heavy atom. The van der Waals surface area contributed by atoms with Crippen molar-refractivity contribution in [3.63, 3.8) is 0 Å². The highest BCUT2D eigenvalue weighted by Gasteiger charge is 2.24. The first kappa shape index (κ1) is 16.9. The molecule has 0 aromatic rings. The van der Waals surface area contributed by atoms with Crippen LogP contribution in [0.25, 0.3) is 0 Å². The number of carbonyl (C=O) groups excluding carboxylic acids is 2. The first-order valence-corrected chi connectivity index (χ1v) is 7.38. The van der Waals surface area contributed by atoms with E-state index in [4.69, 9.17) is 5.73 Å². The molecule has 0 saturated carbocycles. The van der Waals surface area contributed by atoms with E-state index < -0.39 is 6.03 Å². The highest BCUT2D eigenvalue weighted by molar-refractivity contribution is 5.95. The van der Waals surface area contributed by atoms with Crippen LogP contribution in [0.5, 0.6) is 0 Å². The zero-order valence-electron chi connectivity index (χ0n) is 12.9. The molecule has 0 aromatic heterocycles. The summed E-state index contributed by atoms with van der Waals surface area (Å²) in [5.41, 5.74) is 5.26. The topological polar surface area (TPSA) is 87.5 Å². The van der Waals surface area contributed by atoms with Crippen LogP contribution < -0.4 is 16.4 Å². The molecule has 1 aliphatic heterocycles. The molecule has 1 fully saturated rings. The molecule has 3 amide bonds. The molecule has 4 N–H and O–H groups in total. The van der Waals surface area contributed by atoms with E-state index in [1.807, 2.05) is 20.8 Å². The molecule has 0 radical (unpaired) electrons. The van der Waals surface area contributed by atoms with Crippen molar-refractivity contribution in [3.8, 4) is 0 Å². The number of nitrogens with one attached hydrogen (secondary N) is 2. The fraction of sp³-hybridized carbons (Fsp3) is 0.857. The molecule has 1 aliphatic rings. The minimum absolute atomic E-state index is 0.254. The second kappa shape index (κ2) is 7.59. The van der Waals surface area contributed by atoms with Gasteiger partial charge in [-0.1, -0.05) is 6.42 Å². The van der Waals surface area contributed by atoms with Crippen LogP contribution in [0.15, 0.2) is 0 Å². The van der Waals surface area contributed by atoms with Crippen LogP contribution in [-0.4, -0.2) is 48.1 Å². The predicted octanol–water partition coefficient (Wildman–Crippen LogP) is 0.814. The molecule has 1 unspecified atom stereocenters. The van der Waals surface area contributed by atoms with Crippen LogP contribution >= 0.6 is 0 Å². The summed E-state index contributed by atoms with van der Waals surface area (Å²) in [5, 5.41) is 5.10. The number of amides is 3. The number of nitrogens with zero attached hydrogens (tertiary/aromatic N) is 1. The van der Waals surface area contributed by atoms with Crippen LogP contribution in [0.1, 0.15) is 46.5 Å². The summed E-state index contributed by atoms with van der Waals surface area (Å²) in [6.45, 7) is 7.42. The summed E-state index contributed by atoms with van der Waals surface area (Å²) in [4.78, 5) is 25.7. The van der Waals surface area contributed by atoms with Crippen molar-refractivity contribution in [1.29, 1.82) is 0 Å². The first-order valence-electron chi connectivity index (χ1n) is 7.38. The number of nitrogens with two attached hydrogens (primary N) is 1. The second-order valence-electron chi connectivity index (χ2n) is 6.45. The Bertz CT molecular complexity index is 337. The maximum absolute atomic E-state index is 11.9. The lowest BCUT2D eigenvalue weighted by molar-refractivity contribution is -0.122. The lowest BCUT2D eigenvalue weighted by Crippen LogP contribution is -2.52. The zero-order valence-corrected chi connectivity index (χ0v) is 12.9. The van der Waals surface area contributed by atoms with Gasteiger partial charge in [0.25, 0.3) is 0 Å². The Kier molecular flexibility index (Phi) is 6.42. The Morgan fingerprint density at radius 3 is 2.60 bits per heavy atom. The quantitative estimate of drug-likeness (QED) is 0.713. The van der Waals surface area contributed by atoms with Gasteiger partial charge in [-0.05, 0) is 53.1 Å². The maximum atomic E-state index is 11.9. The van der Waals surface area contributed by atoms with Gasteiger partial charge in [-0.15, -0.1) is 0 Å². The van der Waals surface area contributed by atoms with Crippen LogP contribution in [0.2, 0.25) is 0 Å². The fourth-order valence-electron chi connectivity index (χ4n) is 2.51. The molecule has 20 heavy (non-hydrogen) atoms. The number of likely N-dealkylation sites (tertiary alicyclic amines) is 1. The molecule has 6 nitrogen and oxygen atoms in total. The highest BCUT2D eigenvalue weighted by Crippen LogP contribution is 2.18. The largest absolute Gasteiger partial charge is 0.333 e. The number of rotatable bonds is 4. The minimum Gasteiger partial charge on any atom is -0.333 e. The SMILES string of the molecule is CC(C)(C)NC(=O)NC(=O)CN1CCCCC1CCN. The third-order valence-corrected chi connectivity index (χ3v) is 3.34. The normalized spacial score (nSPS) is 20.5. The van der Waals surface area contributed by atoms with E-state index in [1.54, 1.807) is 0 Å². The van der Waals surface area contributed by atoms with Crippen molar-refractivity contribution >= 4 is 11.9 Å². The fourth-order valence-corrected chi connectivity index (χ4v) is 2.51. The molecular formula is C14H28N4O2. The number of hydrogen-bond acceptors (Lipinski definition) is 4. The number of carbonyl (C=O) groups is 2. The summed E-state index contributed by atoms with van der Waals surface area (Å²) in [7, 11) is 0. The zero-order chi connectivity index (χ0) is 15.2. The third-order valence-electron chi connectivity index (χ3n) is 3.34. The van der Waals surface area contributed by atoms with E-state index >= 15 is 0 Å². The number of imide groups is 1. The van der Waals surface area contributed by atoms with Gasteiger partial charge in [0.05, 0.1) is 6.54 Å². The van der Waals surface area contributed by atoms with Crippen molar-refractivity contribution in [2.45, 2.75) is 58.0 Å². The van der Waals surface area contributed by atoms with E-state index in [0.717, 1.165) is 25.8 Å². The number of urea groups is 1. The summed E-state index contributed by atoms with van der Waals surface area (Å²) < 4.78 is 0. The van der Waals surface area contributed by atoms with Crippen molar-refractivity contribution in [2.24, 2.45) is 5.73 Å². The van der Waals surface area contributed by atoms with Gasteiger partial charge in [0.2, 0.25) is 5.91 Å². The molecule has 1 atom stereocenters. The van der Waals surface area contributed by atoms with Gasteiger partial charge in [-0.2, -0.15) is 0 Å². The predicted molar refractivity (Wildman–Crippen MR) is 79.3 cm³/mol. The molecule has 116 valence electrons. The van der Waals surface area contributed by atoms with Crippen molar-refractivity contribution in [1.82, 2.24) is 15.5 Å². The lowest BCUT2D eigenvalue weighted by Gasteiger charge is -2.35. The van der Waals surface area contributed by atoms with Crippen LogP contribution in [0, 0.1) is 0 Å². The molecule has 1 saturated heterocycles. The maximum Gasteiger partial charge on any atom is 0.321 e. The van der Waals surface area contributed by atoms with Crippen molar-refractivity contribution in [2.75, 3.05) is 19.6 Å². The van der Waals surface area contributed by atoms with E-state index in [2.05, 4.69) is 15.5 Å². The molecule has 0 bridgehead atoms. The Hall–Kier alpha value is -1.14. The molecule has 0 aliphatic carbocycles. The van der Waals surface area contributed by atoms with Crippen LogP contribution in [0.4, 0.5) is 4.79 Å². The van der Waals surface area contributed by atoms with E-state index in [1.165, 1.54) is 6.42 Å². The average Bonchev–Trinajstić information content (AvgIpc) is 2.29. The molecular weight excluding hydrogens is 256 g/mol.